The predicted octanol–water partition coefficient (Wildman–Crippen LogP) is 7.85. The third kappa shape index (κ3) is 7.64. The van der Waals surface area contributed by atoms with Crippen LogP contribution in [0.2, 0.25) is 0 Å². The number of carboxylic acids is 1. The molecule has 0 aliphatic carbocycles. The number of rotatable bonds is 12. The molecule has 4 aromatic carbocycles. The topological polar surface area (TPSA) is 92.4 Å². The standard InChI is InChI=1S/C34H27F3N2O4S/c35-34(36,37)27-17-15-26(16-18-27)32-39-30(31(43-32)25-13-11-24(12-14-25)23-9-5-2-6-10-23)29(40)19-38-28(33(41)42)21-44-20-22-7-3-1-4-8-22/h1-18,28,38H,19-21H2,(H,41,42)/t28-/m0/s1. The summed E-state index contributed by atoms with van der Waals surface area (Å²) < 4.78 is 45.3. The number of alkyl halides is 3. The zero-order chi connectivity index (χ0) is 31.1. The van der Waals surface area contributed by atoms with E-state index in [-0.39, 0.29) is 35.2 Å². The van der Waals surface area contributed by atoms with Crippen molar-refractivity contribution in [1.82, 2.24) is 10.3 Å². The van der Waals surface area contributed by atoms with E-state index in [1.165, 1.54) is 23.9 Å². The summed E-state index contributed by atoms with van der Waals surface area (Å²) in [5.41, 5.74) is 2.89. The molecular formula is C34H27F3N2O4S. The van der Waals surface area contributed by atoms with Crippen LogP contribution < -0.4 is 5.32 Å². The van der Waals surface area contributed by atoms with Crippen LogP contribution in [0.15, 0.2) is 114 Å². The highest BCUT2D eigenvalue weighted by molar-refractivity contribution is 7.98. The Hall–Kier alpha value is -4.67. The molecule has 5 aromatic rings. The average molecular weight is 617 g/mol. The number of carboxylic acid groups (broad SMARTS) is 1. The second-order valence-electron chi connectivity index (χ2n) is 9.91. The van der Waals surface area contributed by atoms with Gasteiger partial charge in [-0.15, -0.1) is 0 Å². The second kappa shape index (κ2) is 13.7. The van der Waals surface area contributed by atoms with E-state index in [4.69, 9.17) is 4.42 Å². The Labute approximate surface area is 256 Å². The normalized spacial score (nSPS) is 12.2. The molecule has 0 bridgehead atoms. The van der Waals surface area contributed by atoms with Crippen molar-refractivity contribution in [1.29, 1.82) is 0 Å². The molecule has 0 spiro atoms. The predicted molar refractivity (Wildman–Crippen MR) is 164 cm³/mol. The first-order chi connectivity index (χ1) is 21.2. The van der Waals surface area contributed by atoms with Crippen LogP contribution in [0.25, 0.3) is 33.9 Å². The highest BCUT2D eigenvalue weighted by atomic mass is 32.2. The van der Waals surface area contributed by atoms with Gasteiger partial charge in [-0.3, -0.25) is 14.9 Å². The van der Waals surface area contributed by atoms with Gasteiger partial charge in [0.05, 0.1) is 12.1 Å². The monoisotopic (exact) mass is 616 g/mol. The first-order valence-electron chi connectivity index (χ1n) is 13.6. The third-order valence-corrected chi connectivity index (χ3v) is 7.91. The number of oxazole rings is 1. The summed E-state index contributed by atoms with van der Waals surface area (Å²) in [6.07, 6.45) is -4.51. The fourth-order valence-corrected chi connectivity index (χ4v) is 5.50. The number of benzene rings is 4. The van der Waals surface area contributed by atoms with Gasteiger partial charge in [0.2, 0.25) is 5.89 Å². The maximum absolute atomic E-state index is 13.4. The zero-order valence-electron chi connectivity index (χ0n) is 23.3. The number of hydrogen-bond donors (Lipinski definition) is 2. The van der Waals surface area contributed by atoms with E-state index in [2.05, 4.69) is 10.3 Å². The second-order valence-corrected chi connectivity index (χ2v) is 10.9. The number of hydrogen-bond acceptors (Lipinski definition) is 6. The van der Waals surface area contributed by atoms with Gasteiger partial charge >= 0.3 is 12.1 Å². The van der Waals surface area contributed by atoms with Gasteiger partial charge in [0.25, 0.3) is 0 Å². The van der Waals surface area contributed by atoms with Crippen LogP contribution in [0, 0.1) is 0 Å². The SMILES string of the molecule is O=C(CN[C@@H](CSCc1ccccc1)C(=O)O)c1nc(-c2ccc(C(F)(F)F)cc2)oc1-c1ccc(-c2ccccc2)cc1. The minimum absolute atomic E-state index is 0.0302. The van der Waals surface area contributed by atoms with Crippen molar-refractivity contribution in [3.8, 4) is 33.9 Å². The maximum atomic E-state index is 13.4. The van der Waals surface area contributed by atoms with E-state index < -0.39 is 29.5 Å². The fourth-order valence-electron chi connectivity index (χ4n) is 4.46. The molecule has 0 aliphatic heterocycles. The number of nitrogens with zero attached hydrogens (tertiary/aromatic N) is 1. The molecule has 0 amide bonds. The van der Waals surface area contributed by atoms with Gasteiger partial charge in [0.1, 0.15) is 6.04 Å². The minimum Gasteiger partial charge on any atom is -0.480 e. The van der Waals surface area contributed by atoms with Gasteiger partial charge < -0.3 is 9.52 Å². The molecule has 0 unspecified atom stereocenters. The molecule has 6 nitrogen and oxygen atoms in total. The van der Waals surface area contributed by atoms with Crippen LogP contribution in [-0.2, 0) is 16.7 Å². The Balaban J connectivity index is 1.38. The molecule has 0 saturated heterocycles. The van der Waals surface area contributed by atoms with Crippen LogP contribution in [0.1, 0.15) is 21.6 Å². The van der Waals surface area contributed by atoms with Crippen LogP contribution in [0.4, 0.5) is 13.2 Å². The highest BCUT2D eigenvalue weighted by Gasteiger charge is 2.30. The van der Waals surface area contributed by atoms with Crippen LogP contribution in [-0.4, -0.2) is 40.2 Å². The minimum atomic E-state index is -4.51. The summed E-state index contributed by atoms with van der Waals surface area (Å²) in [6.45, 7) is -0.336. The van der Waals surface area contributed by atoms with Crippen molar-refractivity contribution in [2.45, 2.75) is 18.0 Å². The molecule has 1 atom stereocenters. The van der Waals surface area contributed by atoms with Gasteiger partial charge in [0, 0.05) is 22.6 Å². The maximum Gasteiger partial charge on any atom is 0.416 e. The van der Waals surface area contributed by atoms with Gasteiger partial charge in [-0.05, 0) is 41.0 Å². The fraction of sp³-hybridized carbons (Fsp3) is 0.147. The summed E-state index contributed by atoms with van der Waals surface area (Å²) in [4.78, 5) is 29.7. The molecule has 1 heterocycles. The number of thioether (sulfide) groups is 1. The number of aliphatic carboxylic acids is 1. The lowest BCUT2D eigenvalue weighted by molar-refractivity contribution is -0.139. The molecule has 224 valence electrons. The Morgan fingerprint density at radius 2 is 1.36 bits per heavy atom. The molecule has 2 N–H and O–H groups in total. The number of Topliss-reactive ketones (excluding diaryl/α,β-unsaturated/α-hetero) is 1. The number of halogens is 3. The lowest BCUT2D eigenvalue weighted by atomic mass is 10.0. The quantitative estimate of drug-likeness (QED) is 0.138. The van der Waals surface area contributed by atoms with Gasteiger partial charge in [-0.1, -0.05) is 84.9 Å². The van der Waals surface area contributed by atoms with Crippen LogP contribution >= 0.6 is 11.8 Å². The molecule has 10 heteroatoms. The lowest BCUT2D eigenvalue weighted by Crippen LogP contribution is -2.41. The summed E-state index contributed by atoms with van der Waals surface area (Å²) in [5, 5.41) is 12.5. The van der Waals surface area contributed by atoms with Gasteiger partial charge in [0.15, 0.2) is 17.2 Å². The molecule has 0 aliphatic rings. The van der Waals surface area contributed by atoms with Crippen LogP contribution in [0.5, 0.6) is 0 Å². The van der Waals surface area contributed by atoms with E-state index in [1.54, 1.807) is 12.1 Å². The number of ketones is 1. The van der Waals surface area contributed by atoms with Crippen molar-refractivity contribution in [2.24, 2.45) is 0 Å². The molecule has 0 radical (unpaired) electrons. The number of carbonyl (C=O) groups is 2. The summed E-state index contributed by atoms with van der Waals surface area (Å²) in [6, 6.07) is 29.9. The number of aromatic nitrogens is 1. The lowest BCUT2D eigenvalue weighted by Gasteiger charge is -2.13. The molecule has 44 heavy (non-hydrogen) atoms. The first kappa shape index (κ1) is 30.8. The van der Waals surface area contributed by atoms with Crippen molar-refractivity contribution >= 4 is 23.5 Å². The Kier molecular flexibility index (Phi) is 9.62. The van der Waals surface area contributed by atoms with Gasteiger partial charge in [-0.25, -0.2) is 4.98 Å². The van der Waals surface area contributed by atoms with Crippen molar-refractivity contribution in [3.05, 3.63) is 126 Å². The van der Waals surface area contributed by atoms with E-state index >= 15 is 0 Å². The number of nitrogens with one attached hydrogen (secondary N) is 1. The van der Waals surface area contributed by atoms with Crippen molar-refractivity contribution < 1.29 is 32.3 Å². The van der Waals surface area contributed by atoms with E-state index in [0.29, 0.717) is 11.3 Å². The molecular weight excluding hydrogens is 589 g/mol. The van der Waals surface area contributed by atoms with Crippen molar-refractivity contribution in [3.63, 3.8) is 0 Å². The third-order valence-electron chi connectivity index (χ3n) is 6.81. The largest absolute Gasteiger partial charge is 0.480 e. The first-order valence-corrected chi connectivity index (χ1v) is 14.8. The van der Waals surface area contributed by atoms with Gasteiger partial charge in [-0.2, -0.15) is 24.9 Å². The summed E-state index contributed by atoms with van der Waals surface area (Å²) >= 11 is 1.43. The summed E-state index contributed by atoms with van der Waals surface area (Å²) in [5.74, 6) is -0.674. The Bertz CT molecular complexity index is 1710. The van der Waals surface area contributed by atoms with Crippen LogP contribution in [0.3, 0.4) is 0 Å². The van der Waals surface area contributed by atoms with E-state index in [0.717, 1.165) is 28.8 Å². The highest BCUT2D eigenvalue weighted by Crippen LogP contribution is 2.34. The Morgan fingerprint density at radius 1 is 0.795 bits per heavy atom. The molecule has 0 fully saturated rings. The number of carbonyl (C=O) groups excluding carboxylic acids is 1. The molecule has 0 saturated carbocycles. The molecule has 1 aromatic heterocycles. The average Bonchev–Trinajstić information content (AvgIpc) is 3.49. The molecule has 5 rings (SSSR count). The Morgan fingerprint density at radius 3 is 1.98 bits per heavy atom. The van der Waals surface area contributed by atoms with Crippen molar-refractivity contribution in [2.75, 3.05) is 12.3 Å². The summed E-state index contributed by atoms with van der Waals surface area (Å²) in [7, 11) is 0. The zero-order valence-corrected chi connectivity index (χ0v) is 24.1. The van der Waals surface area contributed by atoms with E-state index in [1.807, 2.05) is 72.8 Å². The van der Waals surface area contributed by atoms with E-state index in [9.17, 15) is 27.9 Å². The smallest absolute Gasteiger partial charge is 0.416 e.